The third kappa shape index (κ3) is 2.64. The number of aromatic amines is 1. The summed E-state index contributed by atoms with van der Waals surface area (Å²) in [5.41, 5.74) is 6.15. The van der Waals surface area contributed by atoms with E-state index in [0.29, 0.717) is 11.3 Å². The molecule has 0 saturated carbocycles. The van der Waals surface area contributed by atoms with E-state index in [9.17, 15) is 4.79 Å². The number of carbonyl (C=O) groups is 1. The maximum Gasteiger partial charge on any atom is 0.351 e. The van der Waals surface area contributed by atoms with Crippen molar-refractivity contribution in [1.29, 1.82) is 0 Å². The van der Waals surface area contributed by atoms with Gasteiger partial charge in [0.25, 0.3) is 0 Å². The summed E-state index contributed by atoms with van der Waals surface area (Å²) < 4.78 is 0. The average molecular weight is 266 g/mol. The molecule has 0 aliphatic rings. The van der Waals surface area contributed by atoms with Gasteiger partial charge in [0.15, 0.2) is 5.82 Å². The number of nitrogens with two attached hydrogens (primary N) is 1. The highest BCUT2D eigenvalue weighted by atomic mass is 35.5. The van der Waals surface area contributed by atoms with Crippen molar-refractivity contribution in [2.24, 2.45) is 5.73 Å². The van der Waals surface area contributed by atoms with Crippen molar-refractivity contribution >= 4 is 23.6 Å². The van der Waals surface area contributed by atoms with E-state index in [-0.39, 0.29) is 16.7 Å². The Labute approximate surface area is 106 Å². The predicted octanol–water partition coefficient (Wildman–Crippen LogP) is 0.904. The van der Waals surface area contributed by atoms with Crippen LogP contribution in [-0.4, -0.2) is 31.2 Å². The smallest absolute Gasteiger partial charge is 0.351 e. The first-order valence-electron chi connectivity index (χ1n) is 4.80. The minimum absolute atomic E-state index is 0.124. The summed E-state index contributed by atoms with van der Waals surface area (Å²) in [5.74, 6) is -1.12. The Balaban J connectivity index is 2.45. The summed E-state index contributed by atoms with van der Waals surface area (Å²) in [4.78, 5) is 18.6. The standard InChI is InChI=1S/C10H8ClN5O2/c11-8-2-7(5-3-13-14-4-5)15-9(16-8)1-6(12)10(17)18/h1-4H,12H2,(H,13,14)(H,17,18)/b6-1-. The quantitative estimate of drug-likeness (QED) is 0.561. The van der Waals surface area contributed by atoms with Gasteiger partial charge in [-0.3, -0.25) is 5.10 Å². The zero-order valence-corrected chi connectivity index (χ0v) is 9.72. The number of rotatable bonds is 3. The SMILES string of the molecule is N/C(=C\c1nc(Cl)cc(-c2cn[nH]c2)n1)C(=O)O. The Morgan fingerprint density at radius 1 is 1.50 bits per heavy atom. The number of nitrogens with zero attached hydrogens (tertiary/aromatic N) is 3. The van der Waals surface area contributed by atoms with Crippen molar-refractivity contribution in [2.45, 2.75) is 0 Å². The van der Waals surface area contributed by atoms with Crippen LogP contribution in [-0.2, 0) is 4.79 Å². The lowest BCUT2D eigenvalue weighted by atomic mass is 10.2. The van der Waals surface area contributed by atoms with Crippen LogP contribution in [0.2, 0.25) is 5.15 Å². The van der Waals surface area contributed by atoms with Gasteiger partial charge in [-0.05, 0) is 0 Å². The summed E-state index contributed by atoms with van der Waals surface area (Å²) in [5, 5.41) is 15.3. The second kappa shape index (κ2) is 4.84. The first-order valence-corrected chi connectivity index (χ1v) is 5.18. The normalized spacial score (nSPS) is 11.5. The number of halogens is 1. The first kappa shape index (κ1) is 12.1. The molecule has 0 aromatic carbocycles. The molecule has 0 radical (unpaired) electrons. The lowest BCUT2D eigenvalue weighted by Gasteiger charge is -2.00. The van der Waals surface area contributed by atoms with E-state index in [1.165, 1.54) is 0 Å². The molecule has 2 rings (SSSR count). The summed E-state index contributed by atoms with van der Waals surface area (Å²) in [6.45, 7) is 0. The second-order valence-corrected chi connectivity index (χ2v) is 3.71. The number of carboxylic acid groups (broad SMARTS) is 1. The number of aromatic nitrogens is 4. The fourth-order valence-corrected chi connectivity index (χ4v) is 1.43. The van der Waals surface area contributed by atoms with Crippen molar-refractivity contribution in [3.63, 3.8) is 0 Å². The highest BCUT2D eigenvalue weighted by Gasteiger charge is 2.07. The molecule has 0 aliphatic heterocycles. The van der Waals surface area contributed by atoms with Gasteiger partial charge in [-0.1, -0.05) is 11.6 Å². The Hall–Kier alpha value is -2.41. The third-order valence-corrected chi connectivity index (χ3v) is 2.23. The number of hydrogen-bond donors (Lipinski definition) is 3. The molecule has 0 amide bonds. The molecule has 0 unspecified atom stereocenters. The van der Waals surface area contributed by atoms with Gasteiger partial charge in [-0.2, -0.15) is 5.10 Å². The number of carboxylic acids is 1. The van der Waals surface area contributed by atoms with Gasteiger partial charge in [0.2, 0.25) is 0 Å². The zero-order valence-electron chi connectivity index (χ0n) is 8.96. The van der Waals surface area contributed by atoms with Crippen molar-refractivity contribution in [2.75, 3.05) is 0 Å². The molecule has 4 N–H and O–H groups in total. The molecule has 0 bridgehead atoms. The van der Waals surface area contributed by atoms with Gasteiger partial charge in [-0.25, -0.2) is 14.8 Å². The molecule has 8 heteroatoms. The van der Waals surface area contributed by atoms with Crippen LogP contribution in [0.15, 0.2) is 24.2 Å². The average Bonchev–Trinajstić information content (AvgIpc) is 2.81. The highest BCUT2D eigenvalue weighted by molar-refractivity contribution is 6.29. The largest absolute Gasteiger partial charge is 0.477 e. The van der Waals surface area contributed by atoms with Crippen LogP contribution in [0.4, 0.5) is 0 Å². The van der Waals surface area contributed by atoms with Gasteiger partial charge < -0.3 is 10.8 Å². The second-order valence-electron chi connectivity index (χ2n) is 3.33. The van der Waals surface area contributed by atoms with Crippen LogP contribution in [0.25, 0.3) is 17.3 Å². The van der Waals surface area contributed by atoms with Crippen LogP contribution in [0.3, 0.4) is 0 Å². The Morgan fingerprint density at radius 3 is 2.89 bits per heavy atom. The third-order valence-electron chi connectivity index (χ3n) is 2.04. The van der Waals surface area contributed by atoms with Crippen molar-refractivity contribution in [1.82, 2.24) is 20.2 Å². The molecule has 92 valence electrons. The lowest BCUT2D eigenvalue weighted by Crippen LogP contribution is -2.10. The minimum atomic E-state index is -1.25. The van der Waals surface area contributed by atoms with E-state index in [2.05, 4.69) is 20.2 Å². The van der Waals surface area contributed by atoms with Crippen LogP contribution in [0, 0.1) is 0 Å². The van der Waals surface area contributed by atoms with E-state index in [4.69, 9.17) is 22.4 Å². The Kier molecular flexibility index (Phi) is 3.24. The molecule has 2 heterocycles. The minimum Gasteiger partial charge on any atom is -0.477 e. The molecule has 0 saturated heterocycles. The molecule has 18 heavy (non-hydrogen) atoms. The lowest BCUT2D eigenvalue weighted by molar-refractivity contribution is -0.132. The van der Waals surface area contributed by atoms with Gasteiger partial charge in [0.05, 0.1) is 11.9 Å². The highest BCUT2D eigenvalue weighted by Crippen LogP contribution is 2.19. The van der Waals surface area contributed by atoms with Crippen LogP contribution < -0.4 is 5.73 Å². The topological polar surface area (TPSA) is 118 Å². The summed E-state index contributed by atoms with van der Waals surface area (Å²) in [7, 11) is 0. The first-order chi connectivity index (χ1) is 8.56. The van der Waals surface area contributed by atoms with Gasteiger partial charge in [0, 0.05) is 23.9 Å². The molecular formula is C10H8ClN5O2. The summed E-state index contributed by atoms with van der Waals surface area (Å²) in [6.07, 6.45) is 4.33. The summed E-state index contributed by atoms with van der Waals surface area (Å²) >= 11 is 5.83. The molecule has 2 aromatic rings. The monoisotopic (exact) mass is 265 g/mol. The van der Waals surface area contributed by atoms with E-state index in [1.807, 2.05) is 0 Å². The molecule has 0 atom stereocenters. The van der Waals surface area contributed by atoms with E-state index < -0.39 is 5.97 Å². The molecule has 0 spiro atoms. The molecule has 7 nitrogen and oxygen atoms in total. The molecule has 2 aromatic heterocycles. The number of H-pyrrole nitrogens is 1. The van der Waals surface area contributed by atoms with Crippen LogP contribution >= 0.6 is 11.6 Å². The van der Waals surface area contributed by atoms with Gasteiger partial charge in [0.1, 0.15) is 10.9 Å². The van der Waals surface area contributed by atoms with Crippen molar-refractivity contribution < 1.29 is 9.90 Å². The molecule has 0 fully saturated rings. The number of nitrogens with one attached hydrogen (secondary N) is 1. The Morgan fingerprint density at radius 2 is 2.28 bits per heavy atom. The number of hydrogen-bond acceptors (Lipinski definition) is 5. The van der Waals surface area contributed by atoms with Crippen molar-refractivity contribution in [3.8, 4) is 11.3 Å². The molecule has 0 aliphatic carbocycles. The summed E-state index contributed by atoms with van der Waals surface area (Å²) in [6, 6.07) is 1.54. The van der Waals surface area contributed by atoms with E-state index in [0.717, 1.165) is 6.08 Å². The van der Waals surface area contributed by atoms with Gasteiger partial charge in [-0.15, -0.1) is 0 Å². The van der Waals surface area contributed by atoms with Crippen LogP contribution in [0.5, 0.6) is 0 Å². The maximum absolute atomic E-state index is 10.6. The van der Waals surface area contributed by atoms with E-state index in [1.54, 1.807) is 18.5 Å². The zero-order chi connectivity index (χ0) is 13.1. The van der Waals surface area contributed by atoms with Crippen molar-refractivity contribution in [3.05, 3.63) is 35.1 Å². The molecular weight excluding hydrogens is 258 g/mol. The fourth-order valence-electron chi connectivity index (χ4n) is 1.24. The fraction of sp³-hybridized carbons (Fsp3) is 0. The van der Waals surface area contributed by atoms with Crippen LogP contribution in [0.1, 0.15) is 5.82 Å². The Bertz CT molecular complexity index is 609. The predicted molar refractivity (Wildman–Crippen MR) is 64.4 cm³/mol. The van der Waals surface area contributed by atoms with E-state index >= 15 is 0 Å². The maximum atomic E-state index is 10.6. The number of aliphatic carboxylic acids is 1. The van der Waals surface area contributed by atoms with Gasteiger partial charge >= 0.3 is 5.97 Å².